The zero-order valence-electron chi connectivity index (χ0n) is 13.1. The topological polar surface area (TPSA) is 36.9 Å². The van der Waals surface area contributed by atoms with E-state index in [9.17, 15) is 4.39 Å². The van der Waals surface area contributed by atoms with Crippen LogP contribution in [-0.2, 0) is 11.3 Å². The van der Waals surface area contributed by atoms with Gasteiger partial charge in [-0.05, 0) is 37.0 Å². The molecule has 0 unspecified atom stereocenters. The van der Waals surface area contributed by atoms with E-state index >= 15 is 0 Å². The van der Waals surface area contributed by atoms with E-state index in [1.165, 1.54) is 18.9 Å². The Morgan fingerprint density at radius 2 is 2.27 bits per heavy atom. The van der Waals surface area contributed by atoms with E-state index in [1.54, 1.807) is 19.2 Å². The summed E-state index contributed by atoms with van der Waals surface area (Å²) in [5.41, 5.74) is 0.605. The number of nitrogens with one attached hydrogen (secondary N) is 1. The third-order valence-corrected chi connectivity index (χ3v) is 4.13. The second kappa shape index (κ2) is 8.48. The molecule has 0 bridgehead atoms. The molecule has 0 radical (unpaired) electrons. The molecule has 0 aliphatic heterocycles. The molecule has 1 aliphatic carbocycles. The van der Waals surface area contributed by atoms with Gasteiger partial charge >= 0.3 is 0 Å². The average molecular weight is 372 g/mol. The number of nitrogens with zero attached hydrogens (tertiary/aromatic N) is 2. The Balaban J connectivity index is 1.76. The highest BCUT2D eigenvalue weighted by atomic mass is 79.9. The molecule has 1 aromatic rings. The standard InChI is InChI=1S/C16H23BrFN3O/c1-19-16(21(2)7-8-22-11-12-3-4-12)20-10-13-9-14(17)5-6-15(13)18/h5-6,9,12H,3-4,7-8,10-11H2,1-2H3,(H,19,20). The Bertz CT molecular complexity index is 520. The SMILES string of the molecule is CN=C(NCc1cc(Br)ccc1F)N(C)CCOCC1CC1. The van der Waals surface area contributed by atoms with Crippen molar-refractivity contribution in [2.75, 3.05) is 33.9 Å². The molecule has 0 aromatic heterocycles. The van der Waals surface area contributed by atoms with Gasteiger partial charge in [0.05, 0.1) is 6.61 Å². The van der Waals surface area contributed by atoms with Gasteiger partial charge in [0.1, 0.15) is 5.82 Å². The molecular formula is C16H23BrFN3O. The Kier molecular flexibility index (Phi) is 6.64. The molecule has 1 fully saturated rings. The van der Waals surface area contributed by atoms with Crippen molar-refractivity contribution in [2.24, 2.45) is 10.9 Å². The van der Waals surface area contributed by atoms with E-state index in [0.29, 0.717) is 18.7 Å². The van der Waals surface area contributed by atoms with Gasteiger partial charge in [-0.15, -0.1) is 0 Å². The molecule has 1 saturated carbocycles. The number of hydrogen-bond acceptors (Lipinski definition) is 2. The van der Waals surface area contributed by atoms with Crippen LogP contribution in [0.25, 0.3) is 0 Å². The van der Waals surface area contributed by atoms with Crippen molar-refractivity contribution in [2.45, 2.75) is 19.4 Å². The van der Waals surface area contributed by atoms with Crippen molar-refractivity contribution in [1.29, 1.82) is 0 Å². The first kappa shape index (κ1) is 17.2. The minimum Gasteiger partial charge on any atom is -0.379 e. The quantitative estimate of drug-likeness (QED) is 0.454. The van der Waals surface area contributed by atoms with Gasteiger partial charge in [0.15, 0.2) is 5.96 Å². The first-order chi connectivity index (χ1) is 10.6. The zero-order chi connectivity index (χ0) is 15.9. The van der Waals surface area contributed by atoms with Gasteiger partial charge in [-0.3, -0.25) is 4.99 Å². The summed E-state index contributed by atoms with van der Waals surface area (Å²) in [5.74, 6) is 1.29. The first-order valence-electron chi connectivity index (χ1n) is 7.53. The third-order valence-electron chi connectivity index (χ3n) is 3.64. The van der Waals surface area contributed by atoms with Crippen LogP contribution in [0.1, 0.15) is 18.4 Å². The maximum absolute atomic E-state index is 13.7. The largest absolute Gasteiger partial charge is 0.379 e. The van der Waals surface area contributed by atoms with Gasteiger partial charge in [-0.2, -0.15) is 0 Å². The smallest absolute Gasteiger partial charge is 0.193 e. The van der Waals surface area contributed by atoms with Gasteiger partial charge in [-0.25, -0.2) is 4.39 Å². The number of benzene rings is 1. The summed E-state index contributed by atoms with van der Waals surface area (Å²) in [6.45, 7) is 2.70. The summed E-state index contributed by atoms with van der Waals surface area (Å²) in [6.07, 6.45) is 2.61. The Morgan fingerprint density at radius 1 is 1.50 bits per heavy atom. The van der Waals surface area contributed by atoms with Crippen LogP contribution < -0.4 is 5.32 Å². The summed E-state index contributed by atoms with van der Waals surface area (Å²) in [7, 11) is 3.67. The minimum atomic E-state index is -0.221. The fourth-order valence-electron chi connectivity index (χ4n) is 2.08. The Hall–Kier alpha value is -1.14. The second-order valence-electron chi connectivity index (χ2n) is 5.58. The predicted molar refractivity (Wildman–Crippen MR) is 90.5 cm³/mol. The fourth-order valence-corrected chi connectivity index (χ4v) is 2.49. The highest BCUT2D eigenvalue weighted by Crippen LogP contribution is 2.28. The summed E-state index contributed by atoms with van der Waals surface area (Å²) in [4.78, 5) is 6.21. The molecule has 1 aliphatic rings. The van der Waals surface area contributed by atoms with E-state index in [0.717, 1.165) is 29.5 Å². The molecule has 1 aromatic carbocycles. The Morgan fingerprint density at radius 3 is 2.95 bits per heavy atom. The molecule has 1 N–H and O–H groups in total. The molecule has 0 atom stereocenters. The number of ether oxygens (including phenoxy) is 1. The normalized spacial score (nSPS) is 15.0. The summed E-state index contributed by atoms with van der Waals surface area (Å²) in [6, 6.07) is 4.92. The number of aliphatic imine (C=N–C) groups is 1. The summed E-state index contributed by atoms with van der Waals surface area (Å²) >= 11 is 3.36. The minimum absolute atomic E-state index is 0.221. The molecule has 0 saturated heterocycles. The number of halogens is 2. The van der Waals surface area contributed by atoms with Crippen molar-refractivity contribution < 1.29 is 9.13 Å². The van der Waals surface area contributed by atoms with Crippen molar-refractivity contribution in [3.8, 4) is 0 Å². The molecule has 4 nitrogen and oxygen atoms in total. The van der Waals surface area contributed by atoms with Crippen LogP contribution in [0.4, 0.5) is 4.39 Å². The second-order valence-corrected chi connectivity index (χ2v) is 6.49. The summed E-state index contributed by atoms with van der Waals surface area (Å²) < 4.78 is 20.2. The number of hydrogen-bond donors (Lipinski definition) is 1. The van der Waals surface area contributed by atoms with Crippen LogP contribution in [0.15, 0.2) is 27.7 Å². The van der Waals surface area contributed by atoms with Crippen LogP contribution in [0.5, 0.6) is 0 Å². The molecule has 6 heteroatoms. The van der Waals surface area contributed by atoms with Crippen molar-refractivity contribution >= 4 is 21.9 Å². The van der Waals surface area contributed by atoms with Crippen molar-refractivity contribution in [3.63, 3.8) is 0 Å². The van der Waals surface area contributed by atoms with E-state index in [4.69, 9.17) is 4.74 Å². The predicted octanol–water partition coefficient (Wildman–Crippen LogP) is 3.02. The summed E-state index contributed by atoms with van der Waals surface area (Å²) in [5, 5.41) is 3.18. The molecule has 122 valence electrons. The molecule has 0 spiro atoms. The van der Waals surface area contributed by atoms with Crippen LogP contribution in [0.2, 0.25) is 0 Å². The lowest BCUT2D eigenvalue weighted by molar-refractivity contribution is 0.115. The van der Waals surface area contributed by atoms with E-state index < -0.39 is 0 Å². The number of rotatable bonds is 7. The number of likely N-dealkylation sites (N-methyl/N-ethyl adjacent to an activating group) is 1. The van der Waals surface area contributed by atoms with Crippen LogP contribution in [0.3, 0.4) is 0 Å². The van der Waals surface area contributed by atoms with E-state index in [2.05, 4.69) is 26.2 Å². The van der Waals surface area contributed by atoms with Crippen LogP contribution in [-0.4, -0.2) is 44.7 Å². The van der Waals surface area contributed by atoms with Gasteiger partial charge in [0.25, 0.3) is 0 Å². The lowest BCUT2D eigenvalue weighted by atomic mass is 10.2. The first-order valence-corrected chi connectivity index (χ1v) is 8.33. The monoisotopic (exact) mass is 371 g/mol. The molecule has 0 amide bonds. The molecular weight excluding hydrogens is 349 g/mol. The van der Waals surface area contributed by atoms with Gasteiger partial charge in [0, 0.05) is 43.8 Å². The van der Waals surface area contributed by atoms with Gasteiger partial charge < -0.3 is 15.0 Å². The fraction of sp³-hybridized carbons (Fsp3) is 0.562. The molecule has 0 heterocycles. The van der Waals surface area contributed by atoms with Crippen molar-refractivity contribution in [1.82, 2.24) is 10.2 Å². The maximum atomic E-state index is 13.7. The van der Waals surface area contributed by atoms with Gasteiger partial charge in [-0.1, -0.05) is 15.9 Å². The average Bonchev–Trinajstić information content (AvgIpc) is 3.32. The van der Waals surface area contributed by atoms with E-state index in [1.807, 2.05) is 11.9 Å². The lowest BCUT2D eigenvalue weighted by Crippen LogP contribution is -2.40. The van der Waals surface area contributed by atoms with E-state index in [-0.39, 0.29) is 5.82 Å². The highest BCUT2D eigenvalue weighted by Gasteiger charge is 2.21. The molecule has 2 rings (SSSR count). The van der Waals surface area contributed by atoms with Crippen molar-refractivity contribution in [3.05, 3.63) is 34.1 Å². The zero-order valence-corrected chi connectivity index (χ0v) is 14.7. The third kappa shape index (κ3) is 5.57. The lowest BCUT2D eigenvalue weighted by Gasteiger charge is -2.22. The highest BCUT2D eigenvalue weighted by molar-refractivity contribution is 9.10. The van der Waals surface area contributed by atoms with Gasteiger partial charge in [0.2, 0.25) is 0 Å². The molecule has 22 heavy (non-hydrogen) atoms. The Labute approximate surface area is 139 Å². The van der Waals surface area contributed by atoms with Crippen LogP contribution >= 0.6 is 15.9 Å². The maximum Gasteiger partial charge on any atom is 0.193 e. The number of guanidine groups is 1. The van der Waals surface area contributed by atoms with Crippen LogP contribution in [0, 0.1) is 11.7 Å².